The predicted molar refractivity (Wildman–Crippen MR) is 85.7 cm³/mol. The summed E-state index contributed by atoms with van der Waals surface area (Å²) in [6, 6.07) is 3.61. The summed E-state index contributed by atoms with van der Waals surface area (Å²) in [5, 5.41) is 9.94. The third-order valence-corrected chi connectivity index (χ3v) is 4.87. The summed E-state index contributed by atoms with van der Waals surface area (Å²) in [5.74, 6) is 2.08. The van der Waals surface area contributed by atoms with E-state index in [9.17, 15) is 5.11 Å². The molecule has 1 aromatic rings. The normalized spacial score (nSPS) is 20.8. The molecule has 1 aliphatic heterocycles. The van der Waals surface area contributed by atoms with Crippen LogP contribution < -0.4 is 0 Å². The molecule has 0 amide bonds. The number of benzene rings is 1. The number of rotatable bonds is 2. The first kappa shape index (κ1) is 15.6. The predicted octanol–water partition coefficient (Wildman–Crippen LogP) is 4.11. The molecule has 0 radical (unpaired) electrons. The van der Waals surface area contributed by atoms with Crippen molar-refractivity contribution in [2.45, 2.75) is 45.8 Å². The highest BCUT2D eigenvalue weighted by atomic mass is 79.9. The Morgan fingerprint density at radius 2 is 1.70 bits per heavy atom. The fourth-order valence-corrected chi connectivity index (χ4v) is 2.33. The van der Waals surface area contributed by atoms with Gasteiger partial charge in [0.25, 0.3) is 0 Å². The zero-order valence-corrected chi connectivity index (χ0v) is 14.1. The summed E-state index contributed by atoms with van der Waals surface area (Å²) < 4.78 is 12.7. The fourth-order valence-electron chi connectivity index (χ4n) is 1.96. The number of hydrogen-bond acceptors (Lipinski definition) is 3. The minimum atomic E-state index is -0.403. The van der Waals surface area contributed by atoms with E-state index in [1.54, 1.807) is 6.07 Å². The van der Waals surface area contributed by atoms with Gasteiger partial charge in [0.1, 0.15) is 5.75 Å². The molecule has 2 rings (SSSR count). The van der Waals surface area contributed by atoms with Crippen molar-refractivity contribution in [3.63, 3.8) is 0 Å². The van der Waals surface area contributed by atoms with Gasteiger partial charge in [0.2, 0.25) is 0 Å². The maximum absolute atomic E-state index is 9.94. The van der Waals surface area contributed by atoms with Crippen LogP contribution in [0.25, 0.3) is 6.08 Å². The molecule has 0 bridgehead atoms. The topological polar surface area (TPSA) is 38.7 Å². The second-order valence-electron chi connectivity index (χ2n) is 6.14. The molecule has 0 aromatic heterocycles. The van der Waals surface area contributed by atoms with Gasteiger partial charge in [-0.1, -0.05) is 28.0 Å². The Hall–Kier alpha value is -0.775. The molecule has 108 valence electrons. The third kappa shape index (κ3) is 2.95. The van der Waals surface area contributed by atoms with Gasteiger partial charge in [-0.15, -0.1) is 0 Å². The highest BCUT2D eigenvalue weighted by molar-refractivity contribution is 9.10. The van der Waals surface area contributed by atoms with E-state index in [-0.39, 0.29) is 17.0 Å². The number of phenols is 1. The molecule has 1 aliphatic rings. The first-order chi connectivity index (χ1) is 9.12. The molecule has 3 nitrogen and oxygen atoms in total. The lowest BCUT2D eigenvalue weighted by atomic mass is 9.89. The average molecular weight is 339 g/mol. The van der Waals surface area contributed by atoms with Crippen molar-refractivity contribution in [2.24, 2.45) is 0 Å². The van der Waals surface area contributed by atoms with Gasteiger partial charge in [-0.25, -0.2) is 0 Å². The van der Waals surface area contributed by atoms with Gasteiger partial charge in [-0.05, 0) is 52.3 Å². The Balaban J connectivity index is 2.18. The van der Waals surface area contributed by atoms with E-state index >= 15 is 0 Å². The first-order valence-electron chi connectivity index (χ1n) is 6.65. The van der Waals surface area contributed by atoms with Crippen LogP contribution in [0, 0.1) is 6.92 Å². The fraction of sp³-hybridized carbons (Fsp3) is 0.467. The summed E-state index contributed by atoms with van der Waals surface area (Å²) in [7, 11) is -0.403. The van der Waals surface area contributed by atoms with E-state index in [0.29, 0.717) is 0 Å². The van der Waals surface area contributed by atoms with Crippen LogP contribution in [0.1, 0.15) is 38.8 Å². The Morgan fingerprint density at radius 3 is 2.25 bits per heavy atom. The Kier molecular flexibility index (Phi) is 4.06. The van der Waals surface area contributed by atoms with E-state index in [2.05, 4.69) is 15.9 Å². The molecule has 5 heteroatoms. The van der Waals surface area contributed by atoms with Crippen molar-refractivity contribution in [2.75, 3.05) is 0 Å². The minimum Gasteiger partial charge on any atom is -0.507 e. The average Bonchev–Trinajstić information content (AvgIpc) is 2.51. The molecule has 0 unspecified atom stereocenters. The SMILES string of the molecule is Cc1cc(O)c(/C=C/B2OC(C)(C)C(C)(C)O2)cc1Br. The van der Waals surface area contributed by atoms with Crippen molar-refractivity contribution < 1.29 is 14.4 Å². The molecule has 1 aromatic carbocycles. The number of hydrogen-bond donors (Lipinski definition) is 1. The first-order valence-corrected chi connectivity index (χ1v) is 7.45. The van der Waals surface area contributed by atoms with Crippen LogP contribution in [-0.4, -0.2) is 23.4 Å². The van der Waals surface area contributed by atoms with Crippen LogP contribution in [-0.2, 0) is 9.31 Å². The third-order valence-electron chi connectivity index (χ3n) is 4.01. The van der Waals surface area contributed by atoms with Crippen LogP contribution in [0.5, 0.6) is 5.75 Å². The largest absolute Gasteiger partial charge is 0.507 e. The minimum absolute atomic E-state index is 0.249. The van der Waals surface area contributed by atoms with Gasteiger partial charge in [0, 0.05) is 10.0 Å². The summed E-state index contributed by atoms with van der Waals surface area (Å²) in [5.41, 5.74) is 1.03. The van der Waals surface area contributed by atoms with Gasteiger partial charge in [0.15, 0.2) is 0 Å². The smallest absolute Gasteiger partial charge is 0.487 e. The van der Waals surface area contributed by atoms with E-state index in [4.69, 9.17) is 9.31 Å². The lowest BCUT2D eigenvalue weighted by molar-refractivity contribution is 0.00578. The van der Waals surface area contributed by atoms with Gasteiger partial charge in [-0.2, -0.15) is 0 Å². The zero-order valence-electron chi connectivity index (χ0n) is 12.5. The summed E-state index contributed by atoms with van der Waals surface area (Å²) in [6.45, 7) is 9.99. The molecular weight excluding hydrogens is 319 g/mol. The van der Waals surface area contributed by atoms with Crippen LogP contribution in [0.2, 0.25) is 0 Å². The summed E-state index contributed by atoms with van der Waals surface area (Å²) in [4.78, 5) is 0. The maximum atomic E-state index is 9.94. The molecule has 0 aliphatic carbocycles. The van der Waals surface area contributed by atoms with Gasteiger partial charge in [-0.3, -0.25) is 0 Å². The molecular formula is C15H20BBrO3. The van der Waals surface area contributed by atoms with Gasteiger partial charge >= 0.3 is 7.12 Å². The van der Waals surface area contributed by atoms with Crippen LogP contribution in [0.15, 0.2) is 22.6 Å². The quantitative estimate of drug-likeness (QED) is 0.825. The Morgan fingerprint density at radius 1 is 1.15 bits per heavy atom. The van der Waals surface area contributed by atoms with Crippen LogP contribution in [0.4, 0.5) is 0 Å². The maximum Gasteiger partial charge on any atom is 0.487 e. The lowest BCUT2D eigenvalue weighted by Gasteiger charge is -2.32. The number of aryl methyl sites for hydroxylation is 1. The molecule has 20 heavy (non-hydrogen) atoms. The van der Waals surface area contributed by atoms with Crippen molar-refractivity contribution in [3.05, 3.63) is 33.7 Å². The Bertz CT molecular complexity index is 536. The molecule has 1 saturated heterocycles. The molecule has 1 fully saturated rings. The second-order valence-corrected chi connectivity index (χ2v) is 7.00. The van der Waals surface area contributed by atoms with Crippen molar-refractivity contribution in [1.82, 2.24) is 0 Å². The summed E-state index contributed by atoms with van der Waals surface area (Å²) >= 11 is 3.46. The molecule has 0 saturated carbocycles. The van der Waals surface area contributed by atoms with E-state index < -0.39 is 7.12 Å². The molecule has 0 spiro atoms. The zero-order chi connectivity index (χ0) is 15.1. The van der Waals surface area contributed by atoms with Gasteiger partial charge < -0.3 is 14.4 Å². The van der Waals surface area contributed by atoms with E-state index in [0.717, 1.165) is 15.6 Å². The Labute approximate surface area is 129 Å². The highest BCUT2D eigenvalue weighted by Crippen LogP contribution is 2.37. The number of halogens is 1. The van der Waals surface area contributed by atoms with E-state index in [1.165, 1.54) is 0 Å². The van der Waals surface area contributed by atoms with Crippen LogP contribution in [0.3, 0.4) is 0 Å². The highest BCUT2D eigenvalue weighted by Gasteiger charge is 2.49. The van der Waals surface area contributed by atoms with Crippen molar-refractivity contribution >= 4 is 29.1 Å². The van der Waals surface area contributed by atoms with Gasteiger partial charge in [0.05, 0.1) is 11.2 Å². The molecule has 0 atom stereocenters. The molecule has 1 N–H and O–H groups in total. The van der Waals surface area contributed by atoms with Crippen LogP contribution >= 0.6 is 15.9 Å². The number of aromatic hydroxyl groups is 1. The lowest BCUT2D eigenvalue weighted by Crippen LogP contribution is -2.41. The van der Waals surface area contributed by atoms with E-state index in [1.807, 2.05) is 52.7 Å². The van der Waals surface area contributed by atoms with Crippen molar-refractivity contribution in [3.8, 4) is 5.75 Å². The molecule has 1 heterocycles. The standard InChI is InChI=1S/C15H20BBrO3/c1-10-8-13(18)11(9-12(10)17)6-7-16-19-14(2,3)15(4,5)20-16/h6-9,18H,1-5H3/b7-6+. The monoisotopic (exact) mass is 338 g/mol. The number of phenolic OH excluding ortho intramolecular Hbond substituents is 1. The summed E-state index contributed by atoms with van der Waals surface area (Å²) in [6.07, 6.45) is 1.82. The van der Waals surface area contributed by atoms with Crippen molar-refractivity contribution in [1.29, 1.82) is 0 Å². The second kappa shape index (κ2) is 5.21.